The Morgan fingerprint density at radius 1 is 1.32 bits per heavy atom. The maximum atomic E-state index is 6.08. The molecule has 0 spiro atoms. The molecule has 2 heterocycles. The van der Waals surface area contributed by atoms with Crippen molar-refractivity contribution in [2.45, 2.75) is 19.9 Å². The Bertz CT molecular complexity index is 658. The molecule has 1 aromatic carbocycles. The number of thioether (sulfide) groups is 1. The van der Waals surface area contributed by atoms with Gasteiger partial charge in [-0.1, -0.05) is 12.1 Å². The molecule has 1 aromatic heterocycles. The van der Waals surface area contributed by atoms with Gasteiger partial charge < -0.3 is 15.2 Å². The zero-order valence-corrected chi connectivity index (χ0v) is 13.9. The van der Waals surface area contributed by atoms with E-state index >= 15 is 0 Å². The number of rotatable bonds is 4. The van der Waals surface area contributed by atoms with Crippen molar-refractivity contribution in [1.29, 1.82) is 0 Å². The number of para-hydroxylation sites is 2. The molecule has 6 heteroatoms. The normalized spacial score (nSPS) is 16.4. The van der Waals surface area contributed by atoms with Crippen molar-refractivity contribution in [1.82, 2.24) is 14.5 Å². The Morgan fingerprint density at radius 2 is 2.09 bits per heavy atom. The van der Waals surface area contributed by atoms with E-state index in [1.54, 1.807) is 0 Å². The van der Waals surface area contributed by atoms with Gasteiger partial charge in [0.25, 0.3) is 0 Å². The molecule has 0 radical (unpaired) electrons. The van der Waals surface area contributed by atoms with Gasteiger partial charge in [-0.2, -0.15) is 11.8 Å². The molecule has 1 fully saturated rings. The van der Waals surface area contributed by atoms with E-state index in [1.165, 1.54) is 5.52 Å². The van der Waals surface area contributed by atoms with Crippen molar-refractivity contribution in [3.8, 4) is 0 Å². The molecular weight excluding hydrogens is 294 g/mol. The minimum absolute atomic E-state index is 0.701. The van der Waals surface area contributed by atoms with Gasteiger partial charge in [-0.15, -0.1) is 0 Å². The number of nitrogens with two attached hydrogens (primary N) is 1. The van der Waals surface area contributed by atoms with Gasteiger partial charge in [0, 0.05) is 37.7 Å². The Kier molecular flexibility index (Phi) is 4.87. The number of hydrogen-bond donors (Lipinski definition) is 1. The van der Waals surface area contributed by atoms with Crippen LogP contribution in [0.2, 0.25) is 0 Å². The molecule has 5 nitrogen and oxygen atoms in total. The number of aryl methyl sites for hydroxylation is 2. The zero-order valence-electron chi connectivity index (χ0n) is 13.0. The third-order valence-corrected chi connectivity index (χ3v) is 4.94. The number of benzene rings is 1. The van der Waals surface area contributed by atoms with E-state index < -0.39 is 0 Å². The van der Waals surface area contributed by atoms with Gasteiger partial charge in [0.05, 0.1) is 11.0 Å². The fourth-order valence-corrected chi connectivity index (χ4v) is 3.70. The van der Waals surface area contributed by atoms with Gasteiger partial charge in [-0.25, -0.2) is 4.98 Å². The lowest BCUT2D eigenvalue weighted by Crippen LogP contribution is -2.42. The third kappa shape index (κ3) is 3.38. The summed E-state index contributed by atoms with van der Waals surface area (Å²) in [6.07, 6.45) is 0.977. The quantitative estimate of drug-likeness (QED) is 0.533. The number of aliphatic imine (C=N–C) groups is 1. The van der Waals surface area contributed by atoms with E-state index in [-0.39, 0.29) is 0 Å². The molecule has 2 N–H and O–H groups in total. The molecular formula is C16H23N5S. The van der Waals surface area contributed by atoms with Crippen LogP contribution in [0.4, 0.5) is 0 Å². The lowest BCUT2D eigenvalue weighted by molar-refractivity contribution is 0.455. The number of guanidine groups is 1. The van der Waals surface area contributed by atoms with Crippen molar-refractivity contribution in [2.24, 2.45) is 10.7 Å². The summed E-state index contributed by atoms with van der Waals surface area (Å²) < 4.78 is 2.26. The standard InChI is InChI=1S/C16H23N5S/c1-13-19-14-5-2-3-6-15(14)21(13)8-4-7-18-16(17)20-9-11-22-12-10-20/h2-3,5-6H,4,7-12H2,1H3,(H2,17,18). The molecule has 0 aliphatic carbocycles. The second kappa shape index (κ2) is 7.05. The van der Waals surface area contributed by atoms with E-state index in [0.29, 0.717) is 5.96 Å². The van der Waals surface area contributed by atoms with Crippen LogP contribution in [0.5, 0.6) is 0 Å². The first-order valence-electron chi connectivity index (χ1n) is 7.80. The summed E-state index contributed by atoms with van der Waals surface area (Å²) in [5.74, 6) is 4.06. The first-order valence-corrected chi connectivity index (χ1v) is 8.95. The van der Waals surface area contributed by atoms with Crippen molar-refractivity contribution < 1.29 is 0 Å². The van der Waals surface area contributed by atoms with Gasteiger partial charge in [0.2, 0.25) is 0 Å². The summed E-state index contributed by atoms with van der Waals surface area (Å²) in [5.41, 5.74) is 8.34. The lowest BCUT2D eigenvalue weighted by atomic mass is 10.3. The van der Waals surface area contributed by atoms with Crippen molar-refractivity contribution in [3.05, 3.63) is 30.1 Å². The van der Waals surface area contributed by atoms with Crippen molar-refractivity contribution in [3.63, 3.8) is 0 Å². The monoisotopic (exact) mass is 317 g/mol. The number of imidazole rings is 1. The molecule has 0 saturated carbocycles. The SMILES string of the molecule is Cc1nc2ccccc2n1CCCN=C(N)N1CCSCC1. The van der Waals surface area contributed by atoms with Gasteiger partial charge in [0.1, 0.15) is 5.82 Å². The predicted molar refractivity (Wildman–Crippen MR) is 94.5 cm³/mol. The minimum Gasteiger partial charge on any atom is -0.370 e. The molecule has 118 valence electrons. The van der Waals surface area contributed by atoms with Gasteiger partial charge in [-0.3, -0.25) is 4.99 Å². The molecule has 0 unspecified atom stereocenters. The van der Waals surface area contributed by atoms with Crippen LogP contribution in [0.15, 0.2) is 29.3 Å². The Labute approximate surface area is 135 Å². The Hall–Kier alpha value is -1.69. The van der Waals surface area contributed by atoms with E-state index in [0.717, 1.165) is 55.4 Å². The summed E-state index contributed by atoms with van der Waals surface area (Å²) in [6, 6.07) is 8.27. The largest absolute Gasteiger partial charge is 0.370 e. The van der Waals surface area contributed by atoms with Crippen LogP contribution >= 0.6 is 11.8 Å². The van der Waals surface area contributed by atoms with Crippen LogP contribution < -0.4 is 5.73 Å². The fourth-order valence-electron chi connectivity index (χ4n) is 2.79. The summed E-state index contributed by atoms with van der Waals surface area (Å²) in [4.78, 5) is 11.3. The van der Waals surface area contributed by atoms with E-state index in [4.69, 9.17) is 5.73 Å². The maximum Gasteiger partial charge on any atom is 0.191 e. The molecule has 1 saturated heterocycles. The molecule has 1 aliphatic rings. The first-order chi connectivity index (χ1) is 10.8. The van der Waals surface area contributed by atoms with Crippen molar-refractivity contribution in [2.75, 3.05) is 31.1 Å². The van der Waals surface area contributed by atoms with Crippen LogP contribution in [-0.4, -0.2) is 51.6 Å². The van der Waals surface area contributed by atoms with Gasteiger partial charge >= 0.3 is 0 Å². The minimum atomic E-state index is 0.701. The Balaban J connectivity index is 1.57. The summed E-state index contributed by atoms with van der Waals surface area (Å²) >= 11 is 1.98. The van der Waals surface area contributed by atoms with E-state index in [9.17, 15) is 0 Å². The smallest absolute Gasteiger partial charge is 0.191 e. The number of fused-ring (bicyclic) bond motifs is 1. The van der Waals surface area contributed by atoms with E-state index in [1.807, 2.05) is 17.8 Å². The topological polar surface area (TPSA) is 59.4 Å². The van der Waals surface area contributed by atoms with E-state index in [2.05, 4.69) is 44.6 Å². The van der Waals surface area contributed by atoms with Crippen LogP contribution in [0, 0.1) is 6.92 Å². The average molecular weight is 317 g/mol. The maximum absolute atomic E-state index is 6.08. The molecule has 2 aromatic rings. The summed E-state index contributed by atoms with van der Waals surface area (Å²) in [5, 5.41) is 0. The molecule has 1 aliphatic heterocycles. The molecule has 22 heavy (non-hydrogen) atoms. The molecule has 0 atom stereocenters. The number of nitrogens with zero attached hydrogens (tertiary/aromatic N) is 4. The lowest BCUT2D eigenvalue weighted by Gasteiger charge is -2.27. The van der Waals surface area contributed by atoms with Gasteiger partial charge in [0.15, 0.2) is 5.96 Å². The summed E-state index contributed by atoms with van der Waals surface area (Å²) in [7, 11) is 0. The number of aromatic nitrogens is 2. The van der Waals surface area contributed by atoms with Crippen LogP contribution in [0.1, 0.15) is 12.2 Å². The third-order valence-electron chi connectivity index (χ3n) is 3.99. The Morgan fingerprint density at radius 3 is 2.91 bits per heavy atom. The van der Waals surface area contributed by atoms with Crippen LogP contribution in [0.25, 0.3) is 11.0 Å². The highest BCUT2D eigenvalue weighted by molar-refractivity contribution is 7.99. The number of hydrogen-bond acceptors (Lipinski definition) is 3. The zero-order chi connectivity index (χ0) is 15.4. The highest BCUT2D eigenvalue weighted by atomic mass is 32.2. The molecule has 0 bridgehead atoms. The van der Waals surface area contributed by atoms with Gasteiger partial charge in [-0.05, 0) is 25.5 Å². The highest BCUT2D eigenvalue weighted by Gasteiger charge is 2.11. The molecule has 0 amide bonds. The highest BCUT2D eigenvalue weighted by Crippen LogP contribution is 2.15. The second-order valence-electron chi connectivity index (χ2n) is 5.49. The van der Waals surface area contributed by atoms with Crippen LogP contribution in [0.3, 0.4) is 0 Å². The second-order valence-corrected chi connectivity index (χ2v) is 6.72. The van der Waals surface area contributed by atoms with Crippen LogP contribution in [-0.2, 0) is 6.54 Å². The fraction of sp³-hybridized carbons (Fsp3) is 0.500. The average Bonchev–Trinajstić information content (AvgIpc) is 2.88. The first kappa shape index (κ1) is 15.2. The van der Waals surface area contributed by atoms with Crippen molar-refractivity contribution >= 4 is 28.8 Å². The molecule has 3 rings (SSSR count). The summed E-state index contributed by atoms with van der Waals surface area (Å²) in [6.45, 7) is 5.79. The predicted octanol–water partition coefficient (Wildman–Crippen LogP) is 2.10.